The molecule has 10 nitrogen and oxygen atoms in total. The number of rotatable bonds is 17. The molecule has 1 fully saturated rings. The van der Waals surface area contributed by atoms with E-state index in [9.17, 15) is 0 Å². The highest BCUT2D eigenvalue weighted by atomic mass is 32.2. The molecule has 2 atom stereocenters. The Morgan fingerprint density at radius 3 is 1.23 bits per heavy atom. The Morgan fingerprint density at radius 2 is 0.848 bits per heavy atom. The minimum absolute atomic E-state index is 0.0692. The van der Waals surface area contributed by atoms with Gasteiger partial charge in [-0.25, -0.2) is 16.8 Å². The first kappa shape index (κ1) is 49.1. The molecule has 1 aliphatic rings. The molecule has 0 aliphatic heterocycles. The van der Waals surface area contributed by atoms with Crippen LogP contribution in [-0.2, 0) is 20.0 Å². The van der Waals surface area contributed by atoms with Crippen molar-refractivity contribution in [3.05, 3.63) is 179 Å². The van der Waals surface area contributed by atoms with Gasteiger partial charge in [-0.15, -0.1) is 8.15 Å². The van der Waals surface area contributed by atoms with E-state index in [-0.39, 0.29) is 22.8 Å². The average Bonchev–Trinajstić information content (AvgIpc) is 3.22. The third-order valence-corrected chi connectivity index (χ3v) is 19.4. The number of hydrogen-bond acceptors (Lipinski definition) is 8. The SMILES string of the molecule is Cc1ccc(S(=O)(=O)N(CC2(C)CC(N(P(Oc3cccc(C)c3)Oc3cccc(C)c3)S(=O)(=O)c3ccc(C)cc3)CC(C)(C)C2)P(Oc2cccc(C)c2)Oc2cccc(C)c2)cc1. The van der Waals surface area contributed by atoms with Gasteiger partial charge in [0.25, 0.3) is 20.0 Å². The minimum Gasteiger partial charge on any atom is -0.426 e. The fraction of sp³-hybridized carbons (Fsp3) is 0.308. The Morgan fingerprint density at radius 1 is 0.485 bits per heavy atom. The molecular formula is C52H60N2O8P2S2. The maximum Gasteiger partial charge on any atom is 0.399 e. The van der Waals surface area contributed by atoms with E-state index < -0.39 is 54.0 Å². The number of sulfonamides is 2. The van der Waals surface area contributed by atoms with Gasteiger partial charge in [-0.3, -0.25) is 0 Å². The predicted molar refractivity (Wildman–Crippen MR) is 266 cm³/mol. The second-order valence-electron chi connectivity index (χ2n) is 18.7. The standard InChI is InChI=1S/C52H60N2O8P2S2/c1-38-22-26-49(27-23-38)65(55,56)53(63(59-45-18-10-14-40(3)30-45)60-46-19-11-15-41(4)31-46)37-52(9)35-44(34-51(7,8)36-52)54(66(57,58)50-28-24-39(2)25-29-50)64(61-47-20-12-16-42(5)32-47)62-48-21-13-17-43(6)33-48/h10-33,44H,34-37H2,1-9H3. The highest BCUT2D eigenvalue weighted by molar-refractivity contribution is 7.94. The van der Waals surface area contributed by atoms with Gasteiger partial charge in [-0.1, -0.05) is 105 Å². The van der Waals surface area contributed by atoms with Crippen LogP contribution in [0.3, 0.4) is 0 Å². The van der Waals surface area contributed by atoms with Crippen molar-refractivity contribution in [2.24, 2.45) is 10.8 Å². The lowest BCUT2D eigenvalue weighted by atomic mass is 9.63. The summed E-state index contributed by atoms with van der Waals surface area (Å²) in [5.41, 5.74) is 4.17. The fourth-order valence-electron chi connectivity index (χ4n) is 8.74. The van der Waals surface area contributed by atoms with Crippen LogP contribution in [0, 0.1) is 52.4 Å². The van der Waals surface area contributed by atoms with Crippen LogP contribution >= 0.6 is 17.1 Å². The van der Waals surface area contributed by atoms with Gasteiger partial charge in [0.1, 0.15) is 23.0 Å². The quantitative estimate of drug-likeness (QED) is 0.0831. The Kier molecular flexibility index (Phi) is 15.0. The lowest BCUT2D eigenvalue weighted by Gasteiger charge is -2.50. The summed E-state index contributed by atoms with van der Waals surface area (Å²) in [6.45, 7) is 17.8. The highest BCUT2D eigenvalue weighted by Gasteiger charge is 2.53. The van der Waals surface area contributed by atoms with Gasteiger partial charge in [0.2, 0.25) is 0 Å². The van der Waals surface area contributed by atoms with E-state index in [2.05, 4.69) is 13.8 Å². The predicted octanol–water partition coefficient (Wildman–Crippen LogP) is 13.6. The molecule has 2 unspecified atom stereocenters. The zero-order chi connectivity index (χ0) is 47.4. The van der Waals surface area contributed by atoms with Gasteiger partial charge in [-0.05, 0) is 167 Å². The third kappa shape index (κ3) is 12.2. The van der Waals surface area contributed by atoms with Crippen LogP contribution in [0.1, 0.15) is 73.4 Å². The molecule has 1 aliphatic carbocycles. The van der Waals surface area contributed by atoms with Gasteiger partial charge in [-0.2, -0.15) is 0 Å². The van der Waals surface area contributed by atoms with Gasteiger partial charge in [0, 0.05) is 12.6 Å². The molecule has 0 heterocycles. The number of nitrogens with zero attached hydrogens (tertiary/aromatic N) is 2. The van der Waals surface area contributed by atoms with Crippen LogP contribution < -0.4 is 18.1 Å². The van der Waals surface area contributed by atoms with Gasteiger partial charge < -0.3 is 18.1 Å². The van der Waals surface area contributed by atoms with Crippen LogP contribution in [0.5, 0.6) is 23.0 Å². The normalized spacial score (nSPS) is 17.6. The molecule has 0 radical (unpaired) electrons. The first-order valence-electron chi connectivity index (χ1n) is 22.0. The second kappa shape index (κ2) is 20.2. The summed E-state index contributed by atoms with van der Waals surface area (Å²) in [4.78, 5) is 0.179. The zero-order valence-electron chi connectivity index (χ0n) is 39.1. The van der Waals surface area contributed by atoms with Crippen molar-refractivity contribution in [1.29, 1.82) is 0 Å². The molecule has 6 aromatic carbocycles. The van der Waals surface area contributed by atoms with Crippen LogP contribution in [0.2, 0.25) is 0 Å². The molecule has 0 aromatic heterocycles. The van der Waals surface area contributed by atoms with Crippen molar-refractivity contribution in [2.45, 2.75) is 97.4 Å². The fourth-order valence-corrected chi connectivity index (χ4v) is 16.0. The van der Waals surface area contributed by atoms with Crippen LogP contribution in [0.4, 0.5) is 0 Å². The Hall–Kier alpha value is -4.80. The van der Waals surface area contributed by atoms with Crippen LogP contribution in [0.15, 0.2) is 155 Å². The summed E-state index contributed by atoms with van der Waals surface area (Å²) < 4.78 is 91.5. The van der Waals surface area contributed by atoms with E-state index in [4.69, 9.17) is 18.1 Å². The van der Waals surface area contributed by atoms with Gasteiger partial charge in [0.05, 0.1) is 9.79 Å². The Labute approximate surface area is 395 Å². The van der Waals surface area contributed by atoms with Gasteiger partial charge in [0.15, 0.2) is 0 Å². The van der Waals surface area contributed by atoms with Gasteiger partial charge >= 0.3 is 17.1 Å². The lowest BCUT2D eigenvalue weighted by molar-refractivity contribution is 0.0529. The van der Waals surface area contributed by atoms with E-state index >= 15 is 16.8 Å². The molecule has 0 amide bonds. The van der Waals surface area contributed by atoms with Crippen molar-refractivity contribution < 1.29 is 34.9 Å². The molecule has 348 valence electrons. The van der Waals surface area contributed by atoms with Crippen molar-refractivity contribution in [2.75, 3.05) is 6.54 Å². The number of aryl methyl sites for hydroxylation is 6. The van der Waals surface area contributed by atoms with Crippen LogP contribution in [-0.4, -0.2) is 37.6 Å². The van der Waals surface area contributed by atoms with E-state index in [1.54, 1.807) is 72.8 Å². The molecule has 7 rings (SSSR count). The molecule has 0 N–H and O–H groups in total. The Balaban J connectivity index is 1.38. The molecule has 66 heavy (non-hydrogen) atoms. The van der Waals surface area contributed by atoms with Crippen molar-refractivity contribution in [3.8, 4) is 23.0 Å². The minimum atomic E-state index is -4.35. The summed E-state index contributed by atoms with van der Waals surface area (Å²) in [5.74, 6) is 1.82. The topological polar surface area (TPSA) is 112 Å². The number of benzene rings is 6. The summed E-state index contributed by atoms with van der Waals surface area (Å²) >= 11 is 0. The van der Waals surface area contributed by atoms with Crippen molar-refractivity contribution in [3.63, 3.8) is 0 Å². The highest BCUT2D eigenvalue weighted by Crippen LogP contribution is 2.58. The average molecular weight is 967 g/mol. The molecule has 6 aromatic rings. The maximum atomic E-state index is 15.5. The molecule has 0 bridgehead atoms. The molecule has 0 saturated heterocycles. The van der Waals surface area contributed by atoms with E-state index in [1.165, 1.54) is 8.15 Å². The first-order chi connectivity index (χ1) is 31.2. The summed E-state index contributed by atoms with van der Waals surface area (Å²) in [6, 6.07) is 42.7. The summed E-state index contributed by atoms with van der Waals surface area (Å²) in [7, 11) is -13.5. The van der Waals surface area contributed by atoms with Crippen LogP contribution in [0.25, 0.3) is 0 Å². The van der Waals surface area contributed by atoms with E-state index in [0.29, 0.717) is 35.8 Å². The second-order valence-corrected chi connectivity index (χ2v) is 25.5. The zero-order valence-corrected chi connectivity index (χ0v) is 42.6. The first-order valence-corrected chi connectivity index (χ1v) is 27.1. The smallest absolute Gasteiger partial charge is 0.399 e. The third-order valence-electron chi connectivity index (χ3n) is 11.4. The summed E-state index contributed by atoms with van der Waals surface area (Å²) in [6.07, 6.45) is 1.22. The Bertz CT molecular complexity index is 2770. The molecular weight excluding hydrogens is 907 g/mol. The monoisotopic (exact) mass is 966 g/mol. The van der Waals surface area contributed by atoms with Crippen molar-refractivity contribution >= 4 is 37.1 Å². The molecule has 1 saturated carbocycles. The number of hydrogen-bond donors (Lipinski definition) is 0. The summed E-state index contributed by atoms with van der Waals surface area (Å²) in [5, 5.41) is 0. The largest absolute Gasteiger partial charge is 0.426 e. The lowest BCUT2D eigenvalue weighted by Crippen LogP contribution is -2.51. The van der Waals surface area contributed by atoms with Crippen molar-refractivity contribution in [1.82, 2.24) is 8.15 Å². The van der Waals surface area contributed by atoms with E-state index in [1.807, 2.05) is 121 Å². The molecule has 0 spiro atoms. The maximum absolute atomic E-state index is 15.5. The molecule has 14 heteroatoms. The van der Waals surface area contributed by atoms with E-state index in [0.717, 1.165) is 33.4 Å².